The topological polar surface area (TPSA) is 41.5 Å². The van der Waals surface area contributed by atoms with Crippen LogP contribution in [0.2, 0.25) is 0 Å². The Morgan fingerprint density at radius 2 is 1.86 bits per heavy atom. The van der Waals surface area contributed by atoms with Gasteiger partial charge in [0, 0.05) is 43.7 Å². The van der Waals surface area contributed by atoms with Crippen molar-refractivity contribution in [1.82, 2.24) is 19.8 Å². The van der Waals surface area contributed by atoms with Crippen LogP contribution in [0.4, 0.5) is 0 Å². The van der Waals surface area contributed by atoms with E-state index in [0.717, 1.165) is 42.7 Å². The molecule has 0 aliphatic carbocycles. The first-order valence-electron chi connectivity index (χ1n) is 10.7. The lowest BCUT2D eigenvalue weighted by molar-refractivity contribution is -0.00900. The Hall–Kier alpha value is -1.98. The zero-order chi connectivity index (χ0) is 19.1. The van der Waals surface area contributed by atoms with Gasteiger partial charge in [0.05, 0.1) is 12.8 Å². The first kappa shape index (κ1) is 18.1. The number of ether oxygens (including phenoxy) is 1. The van der Waals surface area contributed by atoms with E-state index in [2.05, 4.69) is 52.0 Å². The molecule has 0 saturated carbocycles. The van der Waals surface area contributed by atoms with Crippen LogP contribution < -0.4 is 4.74 Å². The minimum absolute atomic E-state index is 0.562. The zero-order valence-corrected chi connectivity index (χ0v) is 16.9. The molecule has 2 bridgehead atoms. The van der Waals surface area contributed by atoms with Gasteiger partial charge in [0.15, 0.2) is 0 Å². The van der Waals surface area contributed by atoms with E-state index >= 15 is 0 Å². The Labute approximate surface area is 167 Å². The van der Waals surface area contributed by atoms with E-state index < -0.39 is 0 Å². The van der Waals surface area contributed by atoms with Crippen molar-refractivity contribution < 1.29 is 4.74 Å². The van der Waals surface area contributed by atoms with Crippen molar-refractivity contribution in [3.05, 3.63) is 53.6 Å². The van der Waals surface area contributed by atoms with Gasteiger partial charge in [-0.2, -0.15) is 0 Å². The fourth-order valence-electron chi connectivity index (χ4n) is 5.77. The van der Waals surface area contributed by atoms with E-state index in [1.54, 1.807) is 7.11 Å². The molecule has 2 aromatic rings. The summed E-state index contributed by atoms with van der Waals surface area (Å²) in [6, 6.07) is 12.1. The molecular formula is C23H30N4O. The Kier molecular flexibility index (Phi) is 4.81. The monoisotopic (exact) mass is 378 g/mol. The fraction of sp³-hybridized carbons (Fsp3) is 0.565. The summed E-state index contributed by atoms with van der Waals surface area (Å²) >= 11 is 0. The molecule has 0 unspecified atom stereocenters. The third-order valence-corrected chi connectivity index (χ3v) is 7.08. The zero-order valence-electron chi connectivity index (χ0n) is 16.9. The van der Waals surface area contributed by atoms with Gasteiger partial charge in [-0.05, 0) is 55.6 Å². The van der Waals surface area contributed by atoms with Crippen molar-refractivity contribution in [3.63, 3.8) is 0 Å². The third-order valence-electron chi connectivity index (χ3n) is 7.08. The number of nitrogens with zero attached hydrogens (tertiary/aromatic N) is 4. The van der Waals surface area contributed by atoms with E-state index in [0.29, 0.717) is 18.0 Å². The molecule has 5 nitrogen and oxygen atoms in total. The van der Waals surface area contributed by atoms with E-state index in [1.165, 1.54) is 31.5 Å². The van der Waals surface area contributed by atoms with Crippen molar-refractivity contribution in [2.75, 3.05) is 26.7 Å². The van der Waals surface area contributed by atoms with E-state index in [-0.39, 0.29) is 0 Å². The van der Waals surface area contributed by atoms with Crippen LogP contribution in [0.15, 0.2) is 36.5 Å². The van der Waals surface area contributed by atoms with Crippen LogP contribution >= 0.6 is 0 Å². The molecule has 5 heterocycles. The molecule has 4 fully saturated rings. The summed E-state index contributed by atoms with van der Waals surface area (Å²) in [7, 11) is 1.74. The molecule has 4 aliphatic rings. The number of hydrogen-bond donors (Lipinski definition) is 0. The van der Waals surface area contributed by atoms with Crippen molar-refractivity contribution in [1.29, 1.82) is 0 Å². The second-order valence-electron chi connectivity index (χ2n) is 8.48. The number of aromatic nitrogens is 2. The lowest BCUT2D eigenvalue weighted by Crippen LogP contribution is -2.60. The van der Waals surface area contributed by atoms with Gasteiger partial charge < -0.3 is 4.74 Å². The molecule has 4 aliphatic heterocycles. The molecule has 6 rings (SSSR count). The lowest BCUT2D eigenvalue weighted by atomic mass is 9.75. The number of likely N-dealkylation sites (tertiary alicyclic amines) is 1. The second-order valence-corrected chi connectivity index (χ2v) is 8.48. The highest BCUT2D eigenvalue weighted by molar-refractivity contribution is 5.33. The van der Waals surface area contributed by atoms with Crippen LogP contribution in [0, 0.1) is 5.92 Å². The Morgan fingerprint density at radius 3 is 2.57 bits per heavy atom. The number of methoxy groups -OCH3 is 1. The summed E-state index contributed by atoms with van der Waals surface area (Å²) in [5.41, 5.74) is 2.61. The maximum absolute atomic E-state index is 5.37. The van der Waals surface area contributed by atoms with Crippen molar-refractivity contribution >= 4 is 0 Å². The standard InChI is InChI=1S/C23H30N4O/c1-3-21-24-11-8-18(25-21)14-27-15-20(16-4-6-19(28-2)7-5-16)23-22(27)17-9-12-26(23)13-10-17/h4-8,11,17,20,22-23H,3,9-10,12-15H2,1-2H3/t20-,22+,23+/m1/s1. The van der Waals surface area contributed by atoms with Crippen LogP contribution in [-0.2, 0) is 13.0 Å². The number of aryl methyl sites for hydroxylation is 1. The van der Waals surface area contributed by atoms with Crippen LogP contribution in [0.5, 0.6) is 5.75 Å². The highest BCUT2D eigenvalue weighted by atomic mass is 16.5. The molecule has 148 valence electrons. The maximum atomic E-state index is 5.37. The van der Waals surface area contributed by atoms with E-state index in [4.69, 9.17) is 9.72 Å². The lowest BCUT2D eigenvalue weighted by Gasteiger charge is -2.51. The van der Waals surface area contributed by atoms with Gasteiger partial charge in [-0.25, -0.2) is 9.97 Å². The van der Waals surface area contributed by atoms with Crippen LogP contribution in [0.3, 0.4) is 0 Å². The van der Waals surface area contributed by atoms with E-state index in [1.807, 2.05) is 6.20 Å². The average molecular weight is 379 g/mol. The summed E-state index contributed by atoms with van der Waals surface area (Å²) in [4.78, 5) is 14.7. The first-order valence-corrected chi connectivity index (χ1v) is 10.7. The van der Waals surface area contributed by atoms with Crippen LogP contribution in [0.25, 0.3) is 0 Å². The number of fused-ring (bicyclic) bond motifs is 2. The SMILES string of the molecule is CCc1nccc(CN2C[C@H](c3ccc(OC)cc3)[C@H]3[C@@H]2C2CCN3CC2)n1. The molecule has 1 aromatic carbocycles. The number of hydrogen-bond acceptors (Lipinski definition) is 5. The Balaban J connectivity index is 1.44. The fourth-order valence-corrected chi connectivity index (χ4v) is 5.77. The van der Waals surface area contributed by atoms with Crippen LogP contribution in [0.1, 0.15) is 42.8 Å². The molecule has 0 radical (unpaired) electrons. The summed E-state index contributed by atoms with van der Waals surface area (Å²) in [5, 5.41) is 0. The second kappa shape index (κ2) is 7.45. The average Bonchev–Trinajstić information content (AvgIpc) is 3.16. The molecule has 5 heteroatoms. The van der Waals surface area contributed by atoms with Gasteiger partial charge in [-0.1, -0.05) is 19.1 Å². The van der Waals surface area contributed by atoms with Crippen molar-refractivity contribution in [3.8, 4) is 5.75 Å². The normalized spacial score (nSPS) is 31.7. The molecule has 0 amide bonds. The molecule has 4 saturated heterocycles. The molecule has 3 atom stereocenters. The Morgan fingerprint density at radius 1 is 1.07 bits per heavy atom. The van der Waals surface area contributed by atoms with Gasteiger partial charge in [0.2, 0.25) is 0 Å². The van der Waals surface area contributed by atoms with Crippen molar-refractivity contribution in [2.45, 2.75) is 50.7 Å². The highest BCUT2D eigenvalue weighted by Crippen LogP contribution is 2.47. The maximum Gasteiger partial charge on any atom is 0.128 e. The largest absolute Gasteiger partial charge is 0.497 e. The molecule has 28 heavy (non-hydrogen) atoms. The number of rotatable bonds is 5. The smallest absolute Gasteiger partial charge is 0.128 e. The summed E-state index contributed by atoms with van der Waals surface area (Å²) in [6.07, 6.45) is 5.50. The molecule has 1 aromatic heterocycles. The predicted octanol–water partition coefficient (Wildman–Crippen LogP) is 3.11. The van der Waals surface area contributed by atoms with E-state index in [9.17, 15) is 0 Å². The van der Waals surface area contributed by atoms with Gasteiger partial charge in [0.1, 0.15) is 11.6 Å². The third kappa shape index (κ3) is 3.11. The number of benzene rings is 1. The first-order chi connectivity index (χ1) is 13.8. The van der Waals surface area contributed by atoms with Crippen molar-refractivity contribution in [2.24, 2.45) is 5.92 Å². The minimum atomic E-state index is 0.562. The molecule has 0 N–H and O–H groups in total. The highest BCUT2D eigenvalue weighted by Gasteiger charge is 2.53. The quantitative estimate of drug-likeness (QED) is 0.800. The summed E-state index contributed by atoms with van der Waals surface area (Å²) in [5.74, 6) is 3.28. The van der Waals surface area contributed by atoms with Gasteiger partial charge in [-0.3, -0.25) is 9.80 Å². The number of piperidine rings is 3. The molecule has 0 spiro atoms. The van der Waals surface area contributed by atoms with Gasteiger partial charge >= 0.3 is 0 Å². The summed E-state index contributed by atoms with van der Waals surface area (Å²) < 4.78 is 5.37. The van der Waals surface area contributed by atoms with Gasteiger partial charge in [-0.15, -0.1) is 0 Å². The van der Waals surface area contributed by atoms with Crippen LogP contribution in [-0.4, -0.2) is 58.6 Å². The molecular weight excluding hydrogens is 348 g/mol. The Bertz CT molecular complexity index is 816. The minimum Gasteiger partial charge on any atom is -0.497 e. The predicted molar refractivity (Wildman–Crippen MR) is 109 cm³/mol. The van der Waals surface area contributed by atoms with Gasteiger partial charge in [0.25, 0.3) is 0 Å². The summed E-state index contributed by atoms with van der Waals surface area (Å²) in [6.45, 7) is 6.70.